The zero-order chi connectivity index (χ0) is 35.6. The van der Waals surface area contributed by atoms with Crippen molar-refractivity contribution in [2.24, 2.45) is 11.3 Å². The molecule has 2 aromatic heterocycles. The van der Waals surface area contributed by atoms with Crippen molar-refractivity contribution in [2.75, 3.05) is 19.6 Å². The van der Waals surface area contributed by atoms with Crippen LogP contribution in [0.15, 0.2) is 36.0 Å². The van der Waals surface area contributed by atoms with Gasteiger partial charge in [-0.05, 0) is 86.3 Å². The van der Waals surface area contributed by atoms with E-state index in [0.717, 1.165) is 53.3 Å². The molecule has 2 fully saturated rings. The van der Waals surface area contributed by atoms with Crippen molar-refractivity contribution in [3.63, 3.8) is 0 Å². The number of hydrogen-bond donors (Lipinski definition) is 2. The molecule has 2 aliphatic rings. The van der Waals surface area contributed by atoms with Crippen molar-refractivity contribution in [3.05, 3.63) is 52.9 Å². The van der Waals surface area contributed by atoms with Gasteiger partial charge in [0, 0.05) is 25.7 Å². The quantitative estimate of drug-likeness (QED) is 0.218. The highest BCUT2D eigenvalue weighted by molar-refractivity contribution is 7.13. The number of aromatic nitrogens is 4. The van der Waals surface area contributed by atoms with Crippen LogP contribution in [0.4, 0.5) is 0 Å². The zero-order valence-corrected chi connectivity index (χ0v) is 32.8. The SMILES string of the molecule is Cc1ncsc1-c1ccc(CNC(=O)[C@@H]2C[C@@H](O[Si](C)(C)C(C)(C)C)CN2C(=O)[C@@H](n2cc(CCC3CCNCC3)nn2)C(C)(C)C)cc1. The van der Waals surface area contributed by atoms with Crippen molar-refractivity contribution in [2.45, 2.75) is 123 Å². The third kappa shape index (κ3) is 9.06. The molecule has 2 N–H and O–H groups in total. The van der Waals surface area contributed by atoms with Crippen molar-refractivity contribution < 1.29 is 14.0 Å². The van der Waals surface area contributed by atoms with Crippen molar-refractivity contribution in [1.82, 2.24) is 35.5 Å². The molecule has 2 saturated heterocycles. The van der Waals surface area contributed by atoms with Crippen LogP contribution in [-0.4, -0.2) is 76.8 Å². The van der Waals surface area contributed by atoms with E-state index in [4.69, 9.17) is 4.43 Å². The molecule has 3 atom stereocenters. The highest BCUT2D eigenvalue weighted by Gasteiger charge is 2.48. The minimum Gasteiger partial charge on any atom is -0.412 e. The Labute approximate surface area is 297 Å². The van der Waals surface area contributed by atoms with E-state index in [9.17, 15) is 9.59 Å². The third-order valence-electron chi connectivity index (χ3n) is 10.7. The summed E-state index contributed by atoms with van der Waals surface area (Å²) in [7, 11) is -2.16. The van der Waals surface area contributed by atoms with Gasteiger partial charge in [0.15, 0.2) is 8.32 Å². The van der Waals surface area contributed by atoms with E-state index in [1.165, 1.54) is 12.8 Å². The average Bonchev–Trinajstić information content (AvgIpc) is 3.78. The van der Waals surface area contributed by atoms with Gasteiger partial charge in [-0.1, -0.05) is 71.0 Å². The molecular weight excluding hydrogens is 651 g/mol. The van der Waals surface area contributed by atoms with E-state index >= 15 is 0 Å². The largest absolute Gasteiger partial charge is 0.412 e. The second-order valence-electron chi connectivity index (χ2n) is 16.6. The molecule has 4 heterocycles. The minimum absolute atomic E-state index is 0.00523. The van der Waals surface area contributed by atoms with Crippen LogP contribution in [-0.2, 0) is 27.0 Å². The molecule has 3 aromatic rings. The van der Waals surface area contributed by atoms with Gasteiger partial charge in [0.05, 0.1) is 27.9 Å². The van der Waals surface area contributed by atoms with Crippen LogP contribution in [0.1, 0.15) is 90.2 Å². The van der Waals surface area contributed by atoms with E-state index < -0.39 is 25.8 Å². The summed E-state index contributed by atoms with van der Waals surface area (Å²) in [4.78, 5) is 36.0. The monoisotopic (exact) mass is 707 g/mol. The topological polar surface area (TPSA) is 114 Å². The highest BCUT2D eigenvalue weighted by atomic mass is 32.1. The number of piperidine rings is 1. The molecule has 12 heteroatoms. The fourth-order valence-electron chi connectivity index (χ4n) is 6.74. The van der Waals surface area contributed by atoms with Gasteiger partial charge in [-0.2, -0.15) is 0 Å². The van der Waals surface area contributed by atoms with E-state index in [-0.39, 0.29) is 23.0 Å². The Kier molecular flexibility index (Phi) is 11.5. The summed E-state index contributed by atoms with van der Waals surface area (Å²) in [6.45, 7) is 22.2. The standard InChI is InChI=1S/C37H57N7O3SSi/c1-25-32(48-24-40-25)28-13-10-27(11-14-28)21-39-34(45)31-20-30(47-49(8,9)37(5,6)7)23-43(31)35(46)33(36(2,3)4)44-22-29(41-42-44)15-12-26-16-18-38-19-17-26/h10-11,13-14,22,24,26,30-31,33,38H,12,15-21,23H2,1-9H3,(H,39,45)/t30-,31+,33-/m1/s1. The van der Waals surface area contributed by atoms with E-state index in [1.54, 1.807) is 20.9 Å². The molecule has 0 bridgehead atoms. The highest BCUT2D eigenvalue weighted by Crippen LogP contribution is 2.40. The van der Waals surface area contributed by atoms with E-state index in [0.29, 0.717) is 25.4 Å². The molecule has 0 saturated carbocycles. The number of carbonyl (C=O) groups is 2. The molecule has 2 aliphatic heterocycles. The normalized spacial score (nSPS) is 20.1. The number of nitrogens with one attached hydrogen (secondary N) is 2. The summed E-state index contributed by atoms with van der Waals surface area (Å²) < 4.78 is 8.57. The van der Waals surface area contributed by atoms with Crippen LogP contribution in [0.5, 0.6) is 0 Å². The average molecular weight is 708 g/mol. The smallest absolute Gasteiger partial charge is 0.248 e. The summed E-state index contributed by atoms with van der Waals surface area (Å²) in [5, 5.41) is 15.6. The van der Waals surface area contributed by atoms with Crippen molar-refractivity contribution >= 4 is 31.5 Å². The predicted molar refractivity (Wildman–Crippen MR) is 199 cm³/mol. The number of benzene rings is 1. The van der Waals surface area contributed by atoms with Crippen molar-refractivity contribution in [1.29, 1.82) is 0 Å². The number of thiazole rings is 1. The maximum atomic E-state index is 14.7. The van der Waals surface area contributed by atoms with Gasteiger partial charge in [0.25, 0.3) is 0 Å². The van der Waals surface area contributed by atoms with E-state index in [2.05, 4.69) is 92.7 Å². The first-order chi connectivity index (χ1) is 23.0. The Morgan fingerprint density at radius 3 is 2.41 bits per heavy atom. The fourth-order valence-corrected chi connectivity index (χ4v) is 8.91. The Bertz CT molecular complexity index is 1570. The molecule has 0 aliphatic carbocycles. The lowest BCUT2D eigenvalue weighted by atomic mass is 9.85. The summed E-state index contributed by atoms with van der Waals surface area (Å²) in [5.74, 6) is 0.410. The molecule has 49 heavy (non-hydrogen) atoms. The lowest BCUT2D eigenvalue weighted by Crippen LogP contribution is -2.50. The summed E-state index contributed by atoms with van der Waals surface area (Å²) in [6.07, 6.45) is 6.47. The second-order valence-corrected chi connectivity index (χ2v) is 22.2. The molecule has 0 spiro atoms. The molecule has 1 aromatic carbocycles. The van der Waals surface area contributed by atoms with Crippen LogP contribution < -0.4 is 10.6 Å². The minimum atomic E-state index is -2.16. The first-order valence-corrected chi connectivity index (χ1v) is 21.7. The maximum Gasteiger partial charge on any atom is 0.248 e. The molecule has 10 nitrogen and oxygen atoms in total. The molecule has 0 unspecified atom stereocenters. The number of aryl methyl sites for hydroxylation is 2. The van der Waals surface area contributed by atoms with Gasteiger partial charge < -0.3 is 20.0 Å². The van der Waals surface area contributed by atoms with Gasteiger partial charge in [0.2, 0.25) is 11.8 Å². The lowest BCUT2D eigenvalue weighted by molar-refractivity contribution is -0.144. The van der Waals surface area contributed by atoms with Crippen LogP contribution in [0.3, 0.4) is 0 Å². The fraction of sp³-hybridized carbons (Fsp3) is 0.649. The van der Waals surface area contributed by atoms with Gasteiger partial charge in [0.1, 0.15) is 12.1 Å². The number of hydrogen-bond acceptors (Lipinski definition) is 8. The summed E-state index contributed by atoms with van der Waals surface area (Å²) in [6, 6.07) is 6.97. The van der Waals surface area contributed by atoms with Gasteiger partial charge >= 0.3 is 0 Å². The number of likely N-dealkylation sites (tertiary alicyclic amines) is 1. The molecule has 2 amide bonds. The zero-order valence-electron chi connectivity index (χ0n) is 31.0. The van der Waals surface area contributed by atoms with Crippen LogP contribution in [0.25, 0.3) is 10.4 Å². The summed E-state index contributed by atoms with van der Waals surface area (Å²) >= 11 is 1.62. The number of nitrogens with zero attached hydrogens (tertiary/aromatic N) is 5. The Morgan fingerprint density at radius 2 is 1.80 bits per heavy atom. The maximum absolute atomic E-state index is 14.7. The Hall–Kier alpha value is -2.93. The van der Waals surface area contributed by atoms with Gasteiger partial charge in [-0.25, -0.2) is 9.67 Å². The number of amides is 2. The lowest BCUT2D eigenvalue weighted by Gasteiger charge is -2.38. The first kappa shape index (κ1) is 37.3. The van der Waals surface area contributed by atoms with Crippen molar-refractivity contribution in [3.8, 4) is 10.4 Å². The molecule has 5 rings (SSSR count). The Morgan fingerprint density at radius 1 is 1.10 bits per heavy atom. The predicted octanol–water partition coefficient (Wildman–Crippen LogP) is 6.54. The Balaban J connectivity index is 1.33. The summed E-state index contributed by atoms with van der Waals surface area (Å²) in [5.41, 5.74) is 5.43. The van der Waals surface area contributed by atoms with Gasteiger partial charge in [-0.15, -0.1) is 16.4 Å². The molecular formula is C37H57N7O3SSi. The first-order valence-electron chi connectivity index (χ1n) is 17.9. The van der Waals surface area contributed by atoms with Crippen LogP contribution >= 0.6 is 11.3 Å². The second kappa shape index (κ2) is 15.1. The van der Waals surface area contributed by atoms with Crippen LogP contribution in [0.2, 0.25) is 18.1 Å². The number of carbonyl (C=O) groups excluding carboxylic acids is 2. The molecule has 268 valence electrons. The van der Waals surface area contributed by atoms with Crippen LogP contribution in [0, 0.1) is 18.3 Å². The van der Waals surface area contributed by atoms with Gasteiger partial charge in [-0.3, -0.25) is 9.59 Å². The number of rotatable bonds is 11. The molecule has 0 radical (unpaired) electrons. The third-order valence-corrected chi connectivity index (χ3v) is 16.2. The van der Waals surface area contributed by atoms with E-state index in [1.807, 2.05) is 30.8 Å².